The number of hydrogen-bond donors (Lipinski definition) is 0. The monoisotopic (exact) mass is 302 g/mol. The molecule has 0 aliphatic heterocycles. The number of benzene rings is 1. The molecule has 110 valence electrons. The van der Waals surface area contributed by atoms with E-state index in [2.05, 4.69) is 10.1 Å². The lowest BCUT2D eigenvalue weighted by atomic mass is 10.1. The molecule has 1 aromatic carbocycles. The van der Waals surface area contributed by atoms with Gasteiger partial charge >= 0.3 is 6.18 Å². The van der Waals surface area contributed by atoms with Gasteiger partial charge in [0, 0.05) is 18.6 Å². The van der Waals surface area contributed by atoms with Gasteiger partial charge in [-0.2, -0.15) is 23.5 Å². The molecule has 7 heteroatoms. The summed E-state index contributed by atoms with van der Waals surface area (Å²) in [4.78, 5) is 4.07. The van der Waals surface area contributed by atoms with Gasteiger partial charge in [0.1, 0.15) is 11.8 Å². The van der Waals surface area contributed by atoms with Gasteiger partial charge in [-0.25, -0.2) is 0 Å². The molecule has 0 amide bonds. The lowest BCUT2D eigenvalue weighted by Crippen LogP contribution is -2.08. The molecule has 2 aromatic heterocycles. The van der Waals surface area contributed by atoms with Gasteiger partial charge in [-0.3, -0.25) is 9.67 Å². The van der Waals surface area contributed by atoms with Crippen molar-refractivity contribution in [3.63, 3.8) is 0 Å². The molecule has 2 heterocycles. The number of nitrogens with zero attached hydrogens (tertiary/aromatic N) is 4. The van der Waals surface area contributed by atoms with Crippen molar-refractivity contribution < 1.29 is 13.2 Å². The highest BCUT2D eigenvalue weighted by atomic mass is 19.4. The van der Waals surface area contributed by atoms with Crippen LogP contribution >= 0.6 is 0 Å². The molecule has 0 radical (unpaired) electrons. The molecule has 0 unspecified atom stereocenters. The van der Waals surface area contributed by atoms with Gasteiger partial charge in [-0.1, -0.05) is 24.3 Å². The van der Waals surface area contributed by atoms with Crippen molar-refractivity contribution in [1.29, 1.82) is 5.26 Å². The van der Waals surface area contributed by atoms with Crippen molar-refractivity contribution in [2.24, 2.45) is 7.05 Å². The van der Waals surface area contributed by atoms with Crippen LogP contribution in [0.1, 0.15) is 11.4 Å². The van der Waals surface area contributed by atoms with Crippen LogP contribution in [0.5, 0.6) is 0 Å². The lowest BCUT2D eigenvalue weighted by molar-refractivity contribution is -0.141. The van der Waals surface area contributed by atoms with Crippen LogP contribution in [0.15, 0.2) is 36.5 Å². The minimum Gasteiger partial charge on any atom is -0.257 e. The SMILES string of the molecule is Cn1nc(C(F)(F)F)c(-c2cc3ccccc3cn2)c1C#N. The third-order valence-electron chi connectivity index (χ3n) is 3.31. The zero-order valence-electron chi connectivity index (χ0n) is 11.4. The van der Waals surface area contributed by atoms with Crippen molar-refractivity contribution >= 4 is 10.8 Å². The molecule has 0 saturated heterocycles. The normalized spacial score (nSPS) is 11.6. The number of rotatable bonds is 1. The van der Waals surface area contributed by atoms with Crippen molar-refractivity contribution in [2.45, 2.75) is 6.18 Å². The van der Waals surface area contributed by atoms with E-state index >= 15 is 0 Å². The van der Waals surface area contributed by atoms with E-state index in [0.717, 1.165) is 15.5 Å². The Morgan fingerprint density at radius 1 is 1.18 bits per heavy atom. The Bertz CT molecular complexity index is 903. The first kappa shape index (κ1) is 14.1. The van der Waals surface area contributed by atoms with Gasteiger partial charge in [0.15, 0.2) is 5.69 Å². The van der Waals surface area contributed by atoms with Crippen LogP contribution in [0.4, 0.5) is 13.2 Å². The molecule has 3 rings (SSSR count). The van der Waals surface area contributed by atoms with Gasteiger partial charge in [0.2, 0.25) is 0 Å². The molecular formula is C15H9F3N4. The molecule has 22 heavy (non-hydrogen) atoms. The first-order valence-electron chi connectivity index (χ1n) is 6.31. The summed E-state index contributed by atoms with van der Waals surface area (Å²) in [7, 11) is 1.30. The number of hydrogen-bond acceptors (Lipinski definition) is 3. The second kappa shape index (κ2) is 4.84. The highest BCUT2D eigenvalue weighted by Crippen LogP contribution is 2.37. The number of aromatic nitrogens is 3. The summed E-state index contributed by atoms with van der Waals surface area (Å²) in [6, 6.07) is 10.5. The molecule has 3 aromatic rings. The van der Waals surface area contributed by atoms with Crippen LogP contribution in [0.2, 0.25) is 0 Å². The second-order valence-electron chi connectivity index (χ2n) is 4.72. The summed E-state index contributed by atoms with van der Waals surface area (Å²) in [5.41, 5.74) is -1.48. The average molecular weight is 302 g/mol. The van der Waals surface area contributed by atoms with Gasteiger partial charge in [0.05, 0.1) is 11.3 Å². The Labute approximate surface area is 123 Å². The summed E-state index contributed by atoms with van der Waals surface area (Å²) in [5, 5.41) is 14.1. The summed E-state index contributed by atoms with van der Waals surface area (Å²) < 4.78 is 40.4. The van der Waals surface area contributed by atoms with E-state index < -0.39 is 11.9 Å². The smallest absolute Gasteiger partial charge is 0.257 e. The Balaban J connectivity index is 2.32. The number of halogens is 3. The fourth-order valence-corrected chi connectivity index (χ4v) is 2.31. The highest BCUT2D eigenvalue weighted by molar-refractivity contribution is 5.86. The number of fused-ring (bicyclic) bond motifs is 1. The van der Waals surface area contributed by atoms with E-state index in [1.54, 1.807) is 18.2 Å². The van der Waals surface area contributed by atoms with E-state index in [4.69, 9.17) is 5.26 Å². The van der Waals surface area contributed by atoms with Gasteiger partial charge < -0.3 is 0 Å². The Hall–Kier alpha value is -2.88. The second-order valence-corrected chi connectivity index (χ2v) is 4.72. The van der Waals surface area contributed by atoms with Crippen LogP contribution < -0.4 is 0 Å². The molecule has 0 saturated carbocycles. The first-order chi connectivity index (χ1) is 10.4. The average Bonchev–Trinajstić information content (AvgIpc) is 2.83. The summed E-state index contributed by atoms with van der Waals surface area (Å²) in [5.74, 6) is 0. The van der Waals surface area contributed by atoms with Gasteiger partial charge in [-0.15, -0.1) is 0 Å². The minimum atomic E-state index is -4.66. The zero-order valence-corrected chi connectivity index (χ0v) is 11.4. The number of nitriles is 1. The molecule has 0 bridgehead atoms. The minimum absolute atomic E-state index is 0.0793. The molecule has 0 atom stereocenters. The van der Waals surface area contributed by atoms with Crippen LogP contribution in [0.3, 0.4) is 0 Å². The molecule has 0 aliphatic rings. The van der Waals surface area contributed by atoms with Crippen molar-refractivity contribution in [3.8, 4) is 17.3 Å². The summed E-state index contributed by atoms with van der Waals surface area (Å²) in [6.45, 7) is 0. The van der Waals surface area contributed by atoms with E-state index in [0.29, 0.717) is 0 Å². The van der Waals surface area contributed by atoms with Crippen LogP contribution in [-0.4, -0.2) is 14.8 Å². The van der Waals surface area contributed by atoms with E-state index in [1.165, 1.54) is 19.3 Å². The first-order valence-corrected chi connectivity index (χ1v) is 6.31. The third kappa shape index (κ3) is 2.19. The fraction of sp³-hybridized carbons (Fsp3) is 0.133. The van der Waals surface area contributed by atoms with Crippen molar-refractivity contribution in [3.05, 3.63) is 47.9 Å². The van der Waals surface area contributed by atoms with Crippen molar-refractivity contribution in [2.75, 3.05) is 0 Å². The molecule has 0 spiro atoms. The standard InChI is InChI=1S/C15H9F3N4/c1-22-12(7-19)13(14(21-22)15(16,17)18)11-6-9-4-2-3-5-10(9)8-20-11/h2-6,8H,1H3. The van der Waals surface area contributed by atoms with Crippen LogP contribution in [-0.2, 0) is 13.2 Å². The predicted molar refractivity (Wildman–Crippen MR) is 73.7 cm³/mol. The van der Waals surface area contributed by atoms with Crippen molar-refractivity contribution in [1.82, 2.24) is 14.8 Å². The Morgan fingerprint density at radius 2 is 1.86 bits per heavy atom. The summed E-state index contributed by atoms with van der Waals surface area (Å²) >= 11 is 0. The van der Waals surface area contributed by atoms with E-state index in [9.17, 15) is 13.2 Å². The van der Waals surface area contributed by atoms with Gasteiger partial charge in [0.25, 0.3) is 0 Å². The third-order valence-corrected chi connectivity index (χ3v) is 3.31. The topological polar surface area (TPSA) is 54.5 Å². The number of aryl methyl sites for hydroxylation is 1. The molecule has 0 fully saturated rings. The zero-order chi connectivity index (χ0) is 15.9. The Kier molecular flexibility index (Phi) is 3.10. The molecule has 4 nitrogen and oxygen atoms in total. The largest absolute Gasteiger partial charge is 0.435 e. The quantitative estimate of drug-likeness (QED) is 0.691. The van der Waals surface area contributed by atoms with Gasteiger partial charge in [-0.05, 0) is 11.5 Å². The molecule has 0 aliphatic carbocycles. The molecular weight excluding hydrogens is 293 g/mol. The lowest BCUT2D eigenvalue weighted by Gasteiger charge is -2.07. The fourth-order valence-electron chi connectivity index (χ4n) is 2.31. The maximum atomic E-state index is 13.2. The Morgan fingerprint density at radius 3 is 2.50 bits per heavy atom. The van der Waals surface area contributed by atoms with E-state index in [1.807, 2.05) is 12.1 Å². The van der Waals surface area contributed by atoms with E-state index in [-0.39, 0.29) is 17.0 Å². The number of alkyl halides is 3. The predicted octanol–water partition coefficient (Wildman–Crippen LogP) is 3.53. The maximum Gasteiger partial charge on any atom is 0.435 e. The molecule has 0 N–H and O–H groups in total. The summed E-state index contributed by atoms with van der Waals surface area (Å²) in [6.07, 6.45) is -3.17. The highest BCUT2D eigenvalue weighted by Gasteiger charge is 2.39. The maximum absolute atomic E-state index is 13.2. The number of pyridine rings is 1. The van der Waals surface area contributed by atoms with Crippen LogP contribution in [0.25, 0.3) is 22.0 Å². The van der Waals surface area contributed by atoms with Crippen LogP contribution in [0, 0.1) is 11.3 Å².